The lowest BCUT2D eigenvalue weighted by molar-refractivity contribution is -0.141. The average molecular weight is 435 g/mol. The molecule has 1 aromatic heterocycles. The van der Waals surface area contributed by atoms with Gasteiger partial charge in [0.25, 0.3) is 0 Å². The Morgan fingerprint density at radius 2 is 1.97 bits per heavy atom. The zero-order chi connectivity index (χ0) is 21.4. The van der Waals surface area contributed by atoms with Crippen molar-refractivity contribution in [3.63, 3.8) is 0 Å². The molecule has 1 unspecified atom stereocenters. The molecule has 3 aromatic rings. The summed E-state index contributed by atoms with van der Waals surface area (Å²) >= 11 is 6.49. The van der Waals surface area contributed by atoms with Gasteiger partial charge in [-0.3, -0.25) is 0 Å². The molecule has 0 spiro atoms. The summed E-state index contributed by atoms with van der Waals surface area (Å²) in [6.45, 7) is 2.49. The Bertz CT molecular complexity index is 1150. The lowest BCUT2D eigenvalue weighted by atomic mass is 9.86. The van der Waals surface area contributed by atoms with Gasteiger partial charge in [0.2, 0.25) is 5.95 Å². The Hall–Kier alpha value is -3.12. The molecule has 1 fully saturated rings. The van der Waals surface area contributed by atoms with E-state index >= 15 is 0 Å². The van der Waals surface area contributed by atoms with Crippen LogP contribution in [0.5, 0.6) is 0 Å². The van der Waals surface area contributed by atoms with Crippen LogP contribution in [0.4, 0.5) is 5.95 Å². The standard InChI is InChI=1S/C24H23ClN4O2/c1-15-9-11-17(12-10-15)22-27-24-26-20(23(30)31-14-16-5-4-6-16)13-21(29(24)28-22)18-7-2-3-8-19(18)25/h2-3,7-13,16,21H,4-6,14H2,1H3,(H,26,27,28). The van der Waals surface area contributed by atoms with Gasteiger partial charge in [-0.2, -0.15) is 4.98 Å². The van der Waals surface area contributed by atoms with E-state index in [0.29, 0.717) is 35.0 Å². The van der Waals surface area contributed by atoms with Crippen LogP contribution < -0.4 is 5.32 Å². The highest BCUT2D eigenvalue weighted by atomic mass is 35.5. The van der Waals surface area contributed by atoms with Gasteiger partial charge in [0.05, 0.1) is 6.61 Å². The Morgan fingerprint density at radius 3 is 2.68 bits per heavy atom. The van der Waals surface area contributed by atoms with Crippen molar-refractivity contribution in [1.29, 1.82) is 0 Å². The SMILES string of the molecule is Cc1ccc(-c2nc3n(n2)C(c2ccccc2Cl)C=C(C(=O)OCC2CCC2)N3)cc1. The molecule has 0 radical (unpaired) electrons. The maximum Gasteiger partial charge on any atom is 0.354 e. The van der Waals surface area contributed by atoms with Crippen LogP contribution in [0.25, 0.3) is 11.4 Å². The zero-order valence-corrected chi connectivity index (χ0v) is 18.0. The number of benzene rings is 2. The molecule has 0 amide bonds. The number of fused-ring (bicyclic) bond motifs is 1. The summed E-state index contributed by atoms with van der Waals surface area (Å²) < 4.78 is 7.32. The number of aromatic nitrogens is 3. The Labute approximate surface area is 185 Å². The summed E-state index contributed by atoms with van der Waals surface area (Å²) in [6, 6.07) is 15.2. The minimum Gasteiger partial charge on any atom is -0.461 e. The van der Waals surface area contributed by atoms with Crippen molar-refractivity contribution in [2.24, 2.45) is 5.92 Å². The van der Waals surface area contributed by atoms with Crippen LogP contribution in [0.1, 0.15) is 36.4 Å². The van der Waals surface area contributed by atoms with Gasteiger partial charge in [0.15, 0.2) is 5.82 Å². The third-order valence-corrected chi connectivity index (χ3v) is 6.24. The number of rotatable bonds is 5. The molecule has 2 aromatic carbocycles. The number of ether oxygens (including phenoxy) is 1. The van der Waals surface area contributed by atoms with E-state index in [0.717, 1.165) is 29.5 Å². The number of halogens is 1. The van der Waals surface area contributed by atoms with Crippen molar-refractivity contribution in [2.75, 3.05) is 11.9 Å². The molecule has 158 valence electrons. The minimum atomic E-state index is -0.380. The molecule has 6 nitrogen and oxygen atoms in total. The van der Waals surface area contributed by atoms with E-state index in [2.05, 4.69) is 10.3 Å². The number of hydrogen-bond acceptors (Lipinski definition) is 5. The van der Waals surface area contributed by atoms with Gasteiger partial charge in [0, 0.05) is 10.6 Å². The van der Waals surface area contributed by atoms with Crippen LogP contribution in [0.2, 0.25) is 5.02 Å². The van der Waals surface area contributed by atoms with Gasteiger partial charge in [-0.15, -0.1) is 5.10 Å². The van der Waals surface area contributed by atoms with Crippen molar-refractivity contribution < 1.29 is 9.53 Å². The number of anilines is 1. The van der Waals surface area contributed by atoms with Gasteiger partial charge in [0.1, 0.15) is 11.7 Å². The number of nitrogens with one attached hydrogen (secondary N) is 1. The fourth-order valence-corrected chi connectivity index (χ4v) is 4.05. The number of nitrogens with zero attached hydrogens (tertiary/aromatic N) is 3. The van der Waals surface area contributed by atoms with Crippen LogP contribution in [0.15, 0.2) is 60.3 Å². The number of hydrogen-bond donors (Lipinski definition) is 1. The quantitative estimate of drug-likeness (QED) is 0.562. The first-order valence-electron chi connectivity index (χ1n) is 10.5. The molecule has 0 bridgehead atoms. The van der Waals surface area contributed by atoms with Gasteiger partial charge in [-0.05, 0) is 43.4 Å². The van der Waals surface area contributed by atoms with Gasteiger partial charge < -0.3 is 10.1 Å². The van der Waals surface area contributed by atoms with Crippen molar-refractivity contribution in [3.8, 4) is 11.4 Å². The second-order valence-corrected chi connectivity index (χ2v) is 8.54. The summed E-state index contributed by atoms with van der Waals surface area (Å²) in [7, 11) is 0. The molecule has 2 aliphatic rings. The molecule has 1 N–H and O–H groups in total. The maximum absolute atomic E-state index is 12.8. The molecule has 1 atom stereocenters. The van der Waals surface area contributed by atoms with E-state index in [-0.39, 0.29) is 12.0 Å². The lowest BCUT2D eigenvalue weighted by Gasteiger charge is -2.26. The molecule has 31 heavy (non-hydrogen) atoms. The van der Waals surface area contributed by atoms with E-state index in [1.54, 1.807) is 4.68 Å². The molecular weight excluding hydrogens is 412 g/mol. The lowest BCUT2D eigenvalue weighted by Crippen LogP contribution is -2.27. The number of esters is 1. The summed E-state index contributed by atoms with van der Waals surface area (Å²) in [5, 5.41) is 8.44. The maximum atomic E-state index is 12.8. The number of aryl methyl sites for hydroxylation is 1. The van der Waals surface area contributed by atoms with E-state index in [1.807, 2.05) is 61.5 Å². The monoisotopic (exact) mass is 434 g/mol. The van der Waals surface area contributed by atoms with Crippen molar-refractivity contribution in [3.05, 3.63) is 76.5 Å². The Morgan fingerprint density at radius 1 is 1.19 bits per heavy atom. The van der Waals surface area contributed by atoms with Crippen LogP contribution in [0, 0.1) is 12.8 Å². The largest absolute Gasteiger partial charge is 0.461 e. The van der Waals surface area contributed by atoms with Crippen LogP contribution in [-0.2, 0) is 9.53 Å². The molecule has 2 heterocycles. The molecular formula is C24H23ClN4O2. The summed E-state index contributed by atoms with van der Waals surface area (Å²) in [4.78, 5) is 17.4. The van der Waals surface area contributed by atoms with Crippen LogP contribution >= 0.6 is 11.6 Å². The summed E-state index contributed by atoms with van der Waals surface area (Å²) in [5.74, 6) is 1.16. The van der Waals surface area contributed by atoms with E-state index in [4.69, 9.17) is 21.4 Å². The third kappa shape index (κ3) is 3.95. The molecule has 1 saturated carbocycles. The number of allylic oxidation sites excluding steroid dienone is 1. The first kappa shape index (κ1) is 19.8. The van der Waals surface area contributed by atoms with E-state index in [1.165, 1.54) is 6.42 Å². The van der Waals surface area contributed by atoms with Gasteiger partial charge in [-0.1, -0.05) is 66.0 Å². The van der Waals surface area contributed by atoms with Gasteiger partial charge >= 0.3 is 5.97 Å². The third-order valence-electron chi connectivity index (χ3n) is 5.89. The van der Waals surface area contributed by atoms with E-state index < -0.39 is 0 Å². The number of carbonyl (C=O) groups excluding carboxylic acids is 1. The molecule has 7 heteroatoms. The smallest absolute Gasteiger partial charge is 0.354 e. The topological polar surface area (TPSA) is 69.0 Å². The Kier molecular flexibility index (Phi) is 5.24. The van der Waals surface area contributed by atoms with Crippen molar-refractivity contribution >= 4 is 23.5 Å². The Balaban J connectivity index is 1.50. The molecule has 1 aliphatic heterocycles. The fraction of sp³-hybridized carbons (Fsp3) is 0.292. The van der Waals surface area contributed by atoms with Crippen LogP contribution in [-0.4, -0.2) is 27.3 Å². The predicted octanol–water partition coefficient (Wildman–Crippen LogP) is 5.15. The van der Waals surface area contributed by atoms with Crippen LogP contribution in [0.3, 0.4) is 0 Å². The highest BCUT2D eigenvalue weighted by molar-refractivity contribution is 6.31. The molecule has 5 rings (SSSR count). The normalized spacial score (nSPS) is 17.9. The molecule has 1 aliphatic carbocycles. The zero-order valence-electron chi connectivity index (χ0n) is 17.2. The first-order valence-corrected chi connectivity index (χ1v) is 10.9. The summed E-state index contributed by atoms with van der Waals surface area (Å²) in [5.41, 5.74) is 3.27. The fourth-order valence-electron chi connectivity index (χ4n) is 3.80. The second-order valence-electron chi connectivity index (χ2n) is 8.14. The first-order chi connectivity index (χ1) is 15.1. The highest BCUT2D eigenvalue weighted by Crippen LogP contribution is 2.34. The molecule has 0 saturated heterocycles. The minimum absolute atomic E-state index is 0.361. The van der Waals surface area contributed by atoms with Gasteiger partial charge in [-0.25, -0.2) is 9.48 Å². The van der Waals surface area contributed by atoms with E-state index in [9.17, 15) is 4.79 Å². The number of carbonyl (C=O) groups is 1. The van der Waals surface area contributed by atoms with Crippen molar-refractivity contribution in [2.45, 2.75) is 32.2 Å². The second kappa shape index (κ2) is 8.19. The highest BCUT2D eigenvalue weighted by Gasteiger charge is 2.30. The average Bonchev–Trinajstić information content (AvgIpc) is 3.17. The predicted molar refractivity (Wildman–Crippen MR) is 120 cm³/mol. The van der Waals surface area contributed by atoms with Crippen molar-refractivity contribution in [1.82, 2.24) is 14.8 Å². The summed E-state index contributed by atoms with van der Waals surface area (Å²) in [6.07, 6.45) is 5.26.